The van der Waals surface area contributed by atoms with Crippen molar-refractivity contribution in [2.45, 2.75) is 20.0 Å². The van der Waals surface area contributed by atoms with Crippen molar-refractivity contribution in [2.75, 3.05) is 17.6 Å². The molecule has 1 aromatic carbocycles. The maximum absolute atomic E-state index is 10.5. The average molecular weight is 283 g/mol. The van der Waals surface area contributed by atoms with Gasteiger partial charge in [-0.05, 0) is 37.1 Å². The summed E-state index contributed by atoms with van der Waals surface area (Å²) < 4.78 is 29.6. The third-order valence-corrected chi connectivity index (χ3v) is 2.97. The molecule has 7 heteroatoms. The quantitative estimate of drug-likeness (QED) is 0.433. The van der Waals surface area contributed by atoms with Gasteiger partial charge in [0.25, 0.3) is 10.1 Å². The maximum Gasteiger partial charge on any atom is 1.00 e. The number of anilines is 1. The minimum absolute atomic E-state index is 0. The molecule has 0 aliphatic heterocycles. The zero-order valence-electron chi connectivity index (χ0n) is 11.8. The van der Waals surface area contributed by atoms with Crippen LogP contribution in [0.5, 0.6) is 0 Å². The van der Waals surface area contributed by atoms with Crippen LogP contribution in [0, 0.1) is 13.8 Å². The smallest absolute Gasteiger partial charge is 1.00 e. The summed E-state index contributed by atoms with van der Waals surface area (Å²) in [5, 5.41) is 12.3. The van der Waals surface area contributed by atoms with Crippen LogP contribution in [0.15, 0.2) is 18.2 Å². The van der Waals surface area contributed by atoms with Gasteiger partial charge in [0.1, 0.15) is 5.75 Å². The molecule has 0 aliphatic carbocycles. The first-order valence-electron chi connectivity index (χ1n) is 5.21. The number of hydrogen-bond donors (Lipinski definition) is 3. The Bertz CT molecular complexity index is 475. The predicted molar refractivity (Wildman–Crippen MR) is 67.9 cm³/mol. The van der Waals surface area contributed by atoms with E-state index in [2.05, 4.69) is 5.32 Å². The third-order valence-electron chi connectivity index (χ3n) is 2.17. The van der Waals surface area contributed by atoms with Crippen LogP contribution < -0.4 is 34.9 Å². The van der Waals surface area contributed by atoms with Gasteiger partial charge in [-0.3, -0.25) is 4.55 Å². The van der Waals surface area contributed by atoms with Gasteiger partial charge in [0.2, 0.25) is 0 Å². The number of aliphatic hydroxyl groups is 1. The molecule has 3 N–H and O–H groups in total. The van der Waals surface area contributed by atoms with E-state index in [0.717, 1.165) is 16.8 Å². The van der Waals surface area contributed by atoms with Crippen molar-refractivity contribution in [1.82, 2.24) is 0 Å². The third kappa shape index (κ3) is 7.35. The number of aryl methyl sites for hydroxylation is 2. The van der Waals surface area contributed by atoms with Crippen LogP contribution in [-0.2, 0) is 10.1 Å². The minimum atomic E-state index is -4.13. The van der Waals surface area contributed by atoms with E-state index in [1.54, 1.807) is 0 Å². The van der Waals surface area contributed by atoms with E-state index >= 15 is 0 Å². The number of rotatable bonds is 5. The SMILES string of the molecule is Cc1cc(C)cc(NCC(O)CS(=O)(=O)O)c1.[H-].[Na+]. The van der Waals surface area contributed by atoms with Crippen molar-refractivity contribution in [3.63, 3.8) is 0 Å². The van der Waals surface area contributed by atoms with E-state index in [9.17, 15) is 13.5 Å². The van der Waals surface area contributed by atoms with Gasteiger partial charge < -0.3 is 11.8 Å². The van der Waals surface area contributed by atoms with Gasteiger partial charge in [0, 0.05) is 12.2 Å². The second-order valence-electron chi connectivity index (χ2n) is 4.16. The Balaban J connectivity index is 0. The summed E-state index contributed by atoms with van der Waals surface area (Å²) >= 11 is 0. The van der Waals surface area contributed by atoms with Gasteiger partial charge in [-0.25, -0.2) is 0 Å². The summed E-state index contributed by atoms with van der Waals surface area (Å²) in [5.74, 6) is -0.662. The van der Waals surface area contributed by atoms with E-state index in [0.29, 0.717) is 0 Å². The van der Waals surface area contributed by atoms with Crippen LogP contribution in [0.4, 0.5) is 5.69 Å². The average Bonchev–Trinajstić information content (AvgIpc) is 2.10. The molecular weight excluding hydrogens is 265 g/mol. The van der Waals surface area contributed by atoms with Gasteiger partial charge in [0.05, 0.1) is 6.10 Å². The first kappa shape index (κ1) is 17.9. The van der Waals surface area contributed by atoms with Gasteiger partial charge in [-0.1, -0.05) is 6.07 Å². The summed E-state index contributed by atoms with van der Waals surface area (Å²) in [7, 11) is -4.13. The minimum Gasteiger partial charge on any atom is -1.00 e. The summed E-state index contributed by atoms with van der Waals surface area (Å²) in [4.78, 5) is 0. The molecule has 0 aromatic heterocycles. The maximum atomic E-state index is 10.5. The van der Waals surface area contributed by atoms with E-state index in [1.807, 2.05) is 32.0 Å². The fraction of sp³-hybridized carbons (Fsp3) is 0.455. The first-order chi connectivity index (χ1) is 7.76. The second kappa shape index (κ2) is 7.47. The molecule has 1 atom stereocenters. The Labute approximate surface area is 131 Å². The van der Waals surface area contributed by atoms with Crippen molar-refractivity contribution >= 4 is 15.8 Å². The molecule has 0 bridgehead atoms. The summed E-state index contributed by atoms with van der Waals surface area (Å²) in [5.41, 5.74) is 2.98. The van der Waals surface area contributed by atoms with E-state index in [-0.39, 0.29) is 37.5 Å². The predicted octanol–water partition coefficient (Wildman–Crippen LogP) is -1.92. The zero-order valence-corrected chi connectivity index (χ0v) is 13.7. The fourth-order valence-corrected chi connectivity index (χ4v) is 2.22. The molecule has 0 saturated carbocycles. The first-order valence-corrected chi connectivity index (χ1v) is 6.82. The van der Waals surface area contributed by atoms with E-state index in [4.69, 9.17) is 4.55 Å². The topological polar surface area (TPSA) is 86.6 Å². The molecule has 1 rings (SSSR count). The number of benzene rings is 1. The van der Waals surface area contributed by atoms with Crippen molar-refractivity contribution < 1.29 is 49.1 Å². The molecule has 0 heterocycles. The van der Waals surface area contributed by atoms with Gasteiger partial charge in [0.15, 0.2) is 0 Å². The van der Waals surface area contributed by atoms with Gasteiger partial charge in [-0.15, -0.1) is 0 Å². The van der Waals surface area contributed by atoms with Crippen molar-refractivity contribution in [1.29, 1.82) is 0 Å². The Hall–Kier alpha value is -0.110. The molecular formula is C11H18NNaO4S. The molecule has 0 aliphatic rings. The van der Waals surface area contributed by atoms with Crippen LogP contribution in [0.1, 0.15) is 12.6 Å². The second-order valence-corrected chi connectivity index (χ2v) is 5.66. The Morgan fingerprint density at radius 3 is 2.22 bits per heavy atom. The van der Waals surface area contributed by atoms with Crippen molar-refractivity contribution in [2.24, 2.45) is 0 Å². The number of hydrogen-bond acceptors (Lipinski definition) is 4. The molecule has 5 nitrogen and oxygen atoms in total. The van der Waals surface area contributed by atoms with Crippen LogP contribution in [0.2, 0.25) is 0 Å². The van der Waals surface area contributed by atoms with Crippen LogP contribution in [0.3, 0.4) is 0 Å². The number of aliphatic hydroxyl groups excluding tert-OH is 1. The van der Waals surface area contributed by atoms with Crippen LogP contribution in [-0.4, -0.2) is 36.5 Å². The largest absolute Gasteiger partial charge is 1.00 e. The van der Waals surface area contributed by atoms with E-state index < -0.39 is 22.0 Å². The molecule has 0 amide bonds. The zero-order chi connectivity index (χ0) is 13.1. The normalized spacial score (nSPS) is 12.7. The summed E-state index contributed by atoms with van der Waals surface area (Å²) in [6, 6.07) is 5.81. The van der Waals surface area contributed by atoms with Gasteiger partial charge in [-0.2, -0.15) is 8.42 Å². The summed E-state index contributed by atoms with van der Waals surface area (Å²) in [6.07, 6.45) is -1.13. The fourth-order valence-electron chi connectivity index (χ4n) is 1.61. The van der Waals surface area contributed by atoms with Crippen LogP contribution in [0.25, 0.3) is 0 Å². The summed E-state index contributed by atoms with van der Waals surface area (Å²) in [6.45, 7) is 3.97. The monoisotopic (exact) mass is 283 g/mol. The van der Waals surface area contributed by atoms with E-state index in [1.165, 1.54) is 0 Å². The van der Waals surface area contributed by atoms with Crippen molar-refractivity contribution in [3.05, 3.63) is 29.3 Å². The molecule has 0 radical (unpaired) electrons. The standard InChI is InChI=1S/C11H17NO4S.Na.H/c1-8-3-9(2)5-10(4-8)12-6-11(13)7-17(14,15)16;;/h3-5,11-13H,6-7H2,1-2H3,(H,14,15,16);;/q;+1;-1. The van der Waals surface area contributed by atoms with Gasteiger partial charge >= 0.3 is 29.6 Å². The Kier molecular flexibility index (Phi) is 7.43. The van der Waals surface area contributed by atoms with Crippen molar-refractivity contribution in [3.8, 4) is 0 Å². The molecule has 0 saturated heterocycles. The molecule has 1 aromatic rings. The molecule has 98 valence electrons. The van der Waals surface area contributed by atoms with Crippen LogP contribution >= 0.6 is 0 Å². The molecule has 0 fully saturated rings. The Morgan fingerprint density at radius 2 is 1.78 bits per heavy atom. The Morgan fingerprint density at radius 1 is 1.28 bits per heavy atom. The molecule has 1 unspecified atom stereocenters. The molecule has 18 heavy (non-hydrogen) atoms. The molecule has 0 spiro atoms. The number of nitrogens with one attached hydrogen (secondary N) is 1.